The van der Waals surface area contributed by atoms with Gasteiger partial charge in [0.25, 0.3) is 11.7 Å². The lowest BCUT2D eigenvalue weighted by atomic mass is 9.84. The Balaban J connectivity index is 1.96. The Morgan fingerprint density at radius 1 is 0.939 bits per heavy atom. The molecule has 1 N–H and O–H groups in total. The molecule has 1 fully saturated rings. The van der Waals surface area contributed by atoms with Gasteiger partial charge >= 0.3 is 0 Å². The first-order chi connectivity index (χ1) is 15.6. The van der Waals surface area contributed by atoms with Gasteiger partial charge in [0.1, 0.15) is 11.6 Å². The molecule has 168 valence electrons. The number of carbonyl (C=O) groups excluding carboxylic acids is 2. The van der Waals surface area contributed by atoms with Crippen molar-refractivity contribution in [1.82, 2.24) is 0 Å². The number of anilines is 1. The van der Waals surface area contributed by atoms with E-state index in [1.165, 1.54) is 29.2 Å². The Kier molecular flexibility index (Phi) is 5.66. The number of benzene rings is 3. The topological polar surface area (TPSA) is 57.6 Å². The van der Waals surface area contributed by atoms with Crippen LogP contribution in [0.1, 0.15) is 49.1 Å². The Labute approximate surface area is 193 Å². The number of carbonyl (C=O) groups is 2. The maximum Gasteiger partial charge on any atom is 0.300 e. The standard InChI is InChI=1S/C28H26FNO3/c1-17-10-11-19(28(2,3)4)16-22(17)25(31)23-24(18-8-6-5-7-9-18)30(27(33)26(23)32)21-14-12-20(29)13-15-21/h5-16,24,31H,1-4H3/b25-23+. The molecule has 3 aromatic rings. The SMILES string of the molecule is Cc1ccc(C(C)(C)C)cc1/C(O)=C1\C(=O)C(=O)N(c2ccc(F)cc2)C1c1ccccc1. The smallest absolute Gasteiger partial charge is 0.300 e. The van der Waals surface area contributed by atoms with E-state index in [1.54, 1.807) is 12.1 Å². The number of aryl methyl sites for hydroxylation is 1. The van der Waals surface area contributed by atoms with Gasteiger partial charge in [0, 0.05) is 11.3 Å². The zero-order chi connectivity index (χ0) is 23.9. The van der Waals surface area contributed by atoms with E-state index in [1.807, 2.05) is 43.3 Å². The third-order valence-corrected chi connectivity index (χ3v) is 6.02. The number of amides is 1. The molecule has 0 bridgehead atoms. The first kappa shape index (κ1) is 22.5. The van der Waals surface area contributed by atoms with Gasteiger partial charge in [-0.2, -0.15) is 0 Å². The summed E-state index contributed by atoms with van der Waals surface area (Å²) >= 11 is 0. The van der Waals surface area contributed by atoms with Gasteiger partial charge in [-0.1, -0.05) is 63.2 Å². The van der Waals surface area contributed by atoms with E-state index in [0.29, 0.717) is 16.8 Å². The molecule has 4 nitrogen and oxygen atoms in total. The quantitative estimate of drug-likeness (QED) is 0.304. The highest BCUT2D eigenvalue weighted by atomic mass is 19.1. The minimum Gasteiger partial charge on any atom is -0.507 e. The first-order valence-corrected chi connectivity index (χ1v) is 10.8. The van der Waals surface area contributed by atoms with Crippen LogP contribution in [-0.4, -0.2) is 16.8 Å². The molecule has 0 aliphatic carbocycles. The van der Waals surface area contributed by atoms with Gasteiger partial charge < -0.3 is 5.11 Å². The molecular formula is C28H26FNO3. The highest BCUT2D eigenvalue weighted by Gasteiger charge is 2.47. The van der Waals surface area contributed by atoms with Crippen molar-refractivity contribution in [2.75, 3.05) is 4.90 Å². The third-order valence-electron chi connectivity index (χ3n) is 6.02. The van der Waals surface area contributed by atoms with Crippen molar-refractivity contribution in [3.8, 4) is 0 Å². The minimum absolute atomic E-state index is 0.0182. The van der Waals surface area contributed by atoms with Gasteiger partial charge in [0.05, 0.1) is 11.6 Å². The average Bonchev–Trinajstić information content (AvgIpc) is 3.05. The van der Waals surface area contributed by atoms with Crippen molar-refractivity contribution < 1.29 is 19.1 Å². The molecule has 1 amide bonds. The van der Waals surface area contributed by atoms with Crippen LogP contribution < -0.4 is 4.90 Å². The van der Waals surface area contributed by atoms with Gasteiger partial charge in [-0.3, -0.25) is 14.5 Å². The van der Waals surface area contributed by atoms with Crippen LogP contribution >= 0.6 is 0 Å². The molecule has 0 radical (unpaired) electrons. The first-order valence-electron chi connectivity index (χ1n) is 10.8. The molecule has 5 heteroatoms. The summed E-state index contributed by atoms with van der Waals surface area (Å²) in [6, 6.07) is 19.4. The van der Waals surface area contributed by atoms with E-state index in [-0.39, 0.29) is 16.7 Å². The second-order valence-corrected chi connectivity index (χ2v) is 9.34. The van der Waals surface area contributed by atoms with Gasteiger partial charge in [0.2, 0.25) is 0 Å². The third kappa shape index (κ3) is 4.07. The average molecular weight is 444 g/mol. The van der Waals surface area contributed by atoms with Crippen LogP contribution in [0.3, 0.4) is 0 Å². The monoisotopic (exact) mass is 443 g/mol. The van der Waals surface area contributed by atoms with E-state index in [4.69, 9.17) is 0 Å². The van der Waals surface area contributed by atoms with Gasteiger partial charge in [-0.15, -0.1) is 0 Å². The summed E-state index contributed by atoms with van der Waals surface area (Å²) in [5, 5.41) is 11.4. The number of hydrogen-bond acceptors (Lipinski definition) is 3. The van der Waals surface area contributed by atoms with E-state index in [0.717, 1.165) is 11.1 Å². The summed E-state index contributed by atoms with van der Waals surface area (Å²) in [5.74, 6) is -2.19. The highest BCUT2D eigenvalue weighted by molar-refractivity contribution is 6.51. The zero-order valence-electron chi connectivity index (χ0n) is 19.1. The van der Waals surface area contributed by atoms with Crippen LogP contribution in [0.4, 0.5) is 10.1 Å². The fraction of sp³-hybridized carbons (Fsp3) is 0.214. The number of aliphatic hydroxyl groups is 1. The summed E-state index contributed by atoms with van der Waals surface area (Å²) < 4.78 is 13.6. The van der Waals surface area contributed by atoms with Crippen molar-refractivity contribution in [3.63, 3.8) is 0 Å². The van der Waals surface area contributed by atoms with Crippen LogP contribution in [0.25, 0.3) is 5.76 Å². The summed E-state index contributed by atoms with van der Waals surface area (Å²) in [5.41, 5.74) is 3.21. The number of ketones is 1. The van der Waals surface area contributed by atoms with Crippen LogP contribution in [0.5, 0.6) is 0 Å². The van der Waals surface area contributed by atoms with Crippen LogP contribution in [0.15, 0.2) is 78.4 Å². The Bertz CT molecular complexity index is 1250. The Hall–Kier alpha value is -3.73. The lowest BCUT2D eigenvalue weighted by molar-refractivity contribution is -0.132. The van der Waals surface area contributed by atoms with Crippen molar-refractivity contribution in [1.29, 1.82) is 0 Å². The number of nitrogens with zero attached hydrogens (tertiary/aromatic N) is 1. The molecule has 0 aromatic heterocycles. The molecule has 4 rings (SSSR count). The van der Waals surface area contributed by atoms with Crippen molar-refractivity contribution in [3.05, 3.63) is 106 Å². The maximum atomic E-state index is 13.6. The minimum atomic E-state index is -0.839. The Morgan fingerprint density at radius 2 is 1.58 bits per heavy atom. The molecule has 1 saturated heterocycles. The largest absolute Gasteiger partial charge is 0.507 e. The van der Waals surface area contributed by atoms with E-state index >= 15 is 0 Å². The van der Waals surface area contributed by atoms with Gasteiger partial charge in [-0.05, 0) is 59.4 Å². The zero-order valence-corrected chi connectivity index (χ0v) is 19.1. The molecule has 3 aromatic carbocycles. The summed E-state index contributed by atoms with van der Waals surface area (Å²) in [4.78, 5) is 27.8. The summed E-state index contributed by atoms with van der Waals surface area (Å²) in [7, 11) is 0. The number of rotatable bonds is 3. The van der Waals surface area contributed by atoms with E-state index < -0.39 is 23.5 Å². The fourth-order valence-electron chi connectivity index (χ4n) is 4.14. The predicted octanol–water partition coefficient (Wildman–Crippen LogP) is 6.06. The lowest BCUT2D eigenvalue weighted by Crippen LogP contribution is -2.29. The summed E-state index contributed by atoms with van der Waals surface area (Å²) in [6.07, 6.45) is 0. The number of hydrogen-bond donors (Lipinski definition) is 1. The van der Waals surface area contributed by atoms with Crippen molar-refractivity contribution in [2.24, 2.45) is 0 Å². The number of halogens is 1. The molecule has 1 aliphatic heterocycles. The van der Waals surface area contributed by atoms with Crippen LogP contribution in [-0.2, 0) is 15.0 Å². The summed E-state index contributed by atoms with van der Waals surface area (Å²) in [6.45, 7) is 8.06. The fourth-order valence-corrected chi connectivity index (χ4v) is 4.14. The molecule has 33 heavy (non-hydrogen) atoms. The maximum absolute atomic E-state index is 13.6. The molecule has 1 heterocycles. The van der Waals surface area contributed by atoms with Gasteiger partial charge in [-0.25, -0.2) is 4.39 Å². The molecule has 1 atom stereocenters. The number of Topliss-reactive ketones (excluding diaryl/α,β-unsaturated/α-hetero) is 1. The number of aliphatic hydroxyl groups excluding tert-OH is 1. The lowest BCUT2D eigenvalue weighted by Gasteiger charge is -2.26. The predicted molar refractivity (Wildman–Crippen MR) is 128 cm³/mol. The van der Waals surface area contributed by atoms with Crippen molar-refractivity contribution >= 4 is 23.1 Å². The highest BCUT2D eigenvalue weighted by Crippen LogP contribution is 2.42. The molecule has 1 aliphatic rings. The van der Waals surface area contributed by atoms with Crippen LogP contribution in [0, 0.1) is 12.7 Å². The van der Waals surface area contributed by atoms with Crippen LogP contribution in [0.2, 0.25) is 0 Å². The molecular weight excluding hydrogens is 417 g/mol. The normalized spacial score (nSPS) is 18.1. The Morgan fingerprint density at radius 3 is 2.18 bits per heavy atom. The second kappa shape index (κ2) is 8.32. The van der Waals surface area contributed by atoms with Gasteiger partial charge in [0.15, 0.2) is 0 Å². The molecule has 1 unspecified atom stereocenters. The second-order valence-electron chi connectivity index (χ2n) is 9.34. The van der Waals surface area contributed by atoms with Crippen molar-refractivity contribution in [2.45, 2.75) is 39.2 Å². The molecule has 0 saturated carbocycles. The molecule has 0 spiro atoms. The van der Waals surface area contributed by atoms with E-state index in [2.05, 4.69) is 20.8 Å². The van der Waals surface area contributed by atoms with E-state index in [9.17, 15) is 19.1 Å².